The van der Waals surface area contributed by atoms with Crippen LogP contribution in [0.25, 0.3) is 0 Å². The van der Waals surface area contributed by atoms with Crippen molar-refractivity contribution in [2.75, 3.05) is 20.1 Å². The van der Waals surface area contributed by atoms with E-state index in [1.165, 1.54) is 0 Å². The van der Waals surface area contributed by atoms with Crippen molar-refractivity contribution in [3.8, 4) is 0 Å². The Bertz CT molecular complexity index is 341. The summed E-state index contributed by atoms with van der Waals surface area (Å²) in [6.45, 7) is 5.72. The summed E-state index contributed by atoms with van der Waals surface area (Å²) in [6, 6.07) is 0.223. The highest BCUT2D eigenvalue weighted by Gasteiger charge is 2.19. The third-order valence-corrected chi connectivity index (χ3v) is 4.13. The molecule has 2 amide bonds. The van der Waals surface area contributed by atoms with E-state index in [1.807, 2.05) is 6.92 Å². The molecule has 1 heterocycles. The molecule has 1 fully saturated rings. The summed E-state index contributed by atoms with van der Waals surface area (Å²) in [7, 11) is 2.09. The predicted octanol–water partition coefficient (Wildman–Crippen LogP) is 1.66. The summed E-state index contributed by atoms with van der Waals surface area (Å²) >= 11 is 0. The third kappa shape index (κ3) is 7.32. The number of nitrogens with zero attached hydrogens (tertiary/aromatic N) is 1. The standard InChI is InChI=1S/C15H29N3O3/c1-11(14(19)20)5-4-6-12(2)16-15(21)17-13-7-9-18(3)10-8-13/h11-13H,4-10H2,1-3H3,(H,19,20)(H2,16,17,21). The molecule has 0 radical (unpaired) electrons. The molecule has 2 atom stereocenters. The molecule has 3 N–H and O–H groups in total. The highest BCUT2D eigenvalue weighted by Crippen LogP contribution is 2.10. The van der Waals surface area contributed by atoms with Crippen molar-refractivity contribution in [1.29, 1.82) is 0 Å². The van der Waals surface area contributed by atoms with E-state index in [2.05, 4.69) is 22.6 Å². The van der Waals surface area contributed by atoms with Crippen molar-refractivity contribution in [2.24, 2.45) is 5.92 Å². The van der Waals surface area contributed by atoms with Crippen molar-refractivity contribution in [2.45, 2.75) is 58.0 Å². The molecule has 1 aliphatic heterocycles. The van der Waals surface area contributed by atoms with E-state index in [0.29, 0.717) is 6.42 Å². The first-order valence-electron chi connectivity index (χ1n) is 7.87. The van der Waals surface area contributed by atoms with Gasteiger partial charge in [-0.1, -0.05) is 13.3 Å². The zero-order chi connectivity index (χ0) is 15.8. The third-order valence-electron chi connectivity index (χ3n) is 4.13. The second kappa shape index (κ2) is 8.87. The average molecular weight is 299 g/mol. The van der Waals surface area contributed by atoms with Gasteiger partial charge >= 0.3 is 12.0 Å². The van der Waals surface area contributed by atoms with Gasteiger partial charge in [0.2, 0.25) is 0 Å². The minimum absolute atomic E-state index is 0.0669. The van der Waals surface area contributed by atoms with Crippen molar-refractivity contribution in [1.82, 2.24) is 15.5 Å². The average Bonchev–Trinajstić information content (AvgIpc) is 2.41. The van der Waals surface area contributed by atoms with Crippen molar-refractivity contribution in [3.05, 3.63) is 0 Å². The minimum Gasteiger partial charge on any atom is -0.481 e. The molecule has 0 aromatic rings. The minimum atomic E-state index is -0.754. The Balaban J connectivity index is 2.14. The van der Waals surface area contributed by atoms with E-state index in [1.54, 1.807) is 6.92 Å². The smallest absolute Gasteiger partial charge is 0.315 e. The van der Waals surface area contributed by atoms with Crippen LogP contribution >= 0.6 is 0 Å². The van der Waals surface area contributed by atoms with Crippen LogP contribution in [0.5, 0.6) is 0 Å². The van der Waals surface area contributed by atoms with Gasteiger partial charge in [-0.15, -0.1) is 0 Å². The lowest BCUT2D eigenvalue weighted by atomic mass is 10.0. The van der Waals surface area contributed by atoms with Gasteiger partial charge in [-0.25, -0.2) is 4.79 Å². The Morgan fingerprint density at radius 1 is 1.24 bits per heavy atom. The molecule has 6 nitrogen and oxygen atoms in total. The lowest BCUT2D eigenvalue weighted by Crippen LogP contribution is -2.49. The van der Waals surface area contributed by atoms with Crippen LogP contribution in [0.1, 0.15) is 46.0 Å². The fourth-order valence-corrected chi connectivity index (χ4v) is 2.53. The number of aliphatic carboxylic acids is 1. The number of carbonyl (C=O) groups is 2. The number of nitrogens with one attached hydrogen (secondary N) is 2. The number of carboxylic acids is 1. The summed E-state index contributed by atoms with van der Waals surface area (Å²) in [5.74, 6) is -1.07. The van der Waals surface area contributed by atoms with E-state index < -0.39 is 5.97 Å². The number of hydrogen-bond acceptors (Lipinski definition) is 3. The molecule has 0 aromatic heterocycles. The SMILES string of the molecule is CC(CCCC(C)C(=O)O)NC(=O)NC1CCN(C)CC1. The second-order valence-corrected chi connectivity index (χ2v) is 6.27. The molecule has 1 aliphatic rings. The topological polar surface area (TPSA) is 81.7 Å². The molecular weight excluding hydrogens is 270 g/mol. The first-order valence-corrected chi connectivity index (χ1v) is 7.87. The van der Waals surface area contributed by atoms with Crippen LogP contribution < -0.4 is 10.6 Å². The predicted molar refractivity (Wildman–Crippen MR) is 82.3 cm³/mol. The molecule has 0 saturated carbocycles. The van der Waals surface area contributed by atoms with Gasteiger partial charge in [-0.3, -0.25) is 4.79 Å². The van der Waals surface area contributed by atoms with Crippen molar-refractivity contribution in [3.63, 3.8) is 0 Å². The fraction of sp³-hybridized carbons (Fsp3) is 0.867. The number of amides is 2. The van der Waals surface area contributed by atoms with E-state index in [4.69, 9.17) is 5.11 Å². The Hall–Kier alpha value is -1.30. The van der Waals surface area contributed by atoms with Crippen LogP contribution in [0.2, 0.25) is 0 Å². The number of piperidine rings is 1. The van der Waals surface area contributed by atoms with Crippen LogP contribution in [0.4, 0.5) is 4.79 Å². The van der Waals surface area contributed by atoms with E-state index in [-0.39, 0.29) is 24.0 Å². The molecule has 1 saturated heterocycles. The molecular formula is C15H29N3O3. The summed E-state index contributed by atoms with van der Waals surface area (Å²) in [4.78, 5) is 24.9. The summed E-state index contributed by atoms with van der Waals surface area (Å²) in [6.07, 6.45) is 4.25. The normalized spacial score (nSPS) is 19.8. The molecule has 1 rings (SSSR count). The Morgan fingerprint density at radius 2 is 1.86 bits per heavy atom. The number of rotatable bonds is 7. The Morgan fingerprint density at radius 3 is 2.43 bits per heavy atom. The first kappa shape index (κ1) is 17.8. The van der Waals surface area contributed by atoms with Gasteiger partial charge in [0.05, 0.1) is 5.92 Å². The van der Waals surface area contributed by atoms with Gasteiger partial charge in [0.25, 0.3) is 0 Å². The molecule has 2 unspecified atom stereocenters. The van der Waals surface area contributed by atoms with Gasteiger partial charge in [0.1, 0.15) is 0 Å². The van der Waals surface area contributed by atoms with E-state index in [0.717, 1.165) is 38.8 Å². The number of likely N-dealkylation sites (tertiary alicyclic amines) is 1. The van der Waals surface area contributed by atoms with Crippen LogP contribution in [0.3, 0.4) is 0 Å². The zero-order valence-electron chi connectivity index (χ0n) is 13.4. The lowest BCUT2D eigenvalue weighted by molar-refractivity contribution is -0.141. The van der Waals surface area contributed by atoms with Gasteiger partial charge in [-0.05, 0) is 52.7 Å². The van der Waals surface area contributed by atoms with Gasteiger partial charge in [0, 0.05) is 12.1 Å². The molecule has 0 aliphatic carbocycles. The maximum absolute atomic E-state index is 11.9. The molecule has 0 bridgehead atoms. The van der Waals surface area contributed by atoms with Crippen molar-refractivity contribution < 1.29 is 14.7 Å². The largest absolute Gasteiger partial charge is 0.481 e. The number of carboxylic acid groups (broad SMARTS) is 1. The van der Waals surface area contributed by atoms with Gasteiger partial charge < -0.3 is 20.6 Å². The van der Waals surface area contributed by atoms with Gasteiger partial charge in [0.15, 0.2) is 0 Å². The van der Waals surface area contributed by atoms with Crippen LogP contribution in [0, 0.1) is 5.92 Å². The molecule has 6 heteroatoms. The van der Waals surface area contributed by atoms with E-state index >= 15 is 0 Å². The highest BCUT2D eigenvalue weighted by molar-refractivity contribution is 5.74. The van der Waals surface area contributed by atoms with E-state index in [9.17, 15) is 9.59 Å². The second-order valence-electron chi connectivity index (χ2n) is 6.27. The lowest BCUT2D eigenvalue weighted by Gasteiger charge is -2.29. The van der Waals surface area contributed by atoms with Gasteiger partial charge in [-0.2, -0.15) is 0 Å². The molecule has 21 heavy (non-hydrogen) atoms. The number of hydrogen-bond donors (Lipinski definition) is 3. The fourth-order valence-electron chi connectivity index (χ4n) is 2.53. The zero-order valence-corrected chi connectivity index (χ0v) is 13.4. The van der Waals surface area contributed by atoms with Crippen LogP contribution in [-0.4, -0.2) is 54.2 Å². The van der Waals surface area contributed by atoms with Crippen LogP contribution in [-0.2, 0) is 4.79 Å². The maximum Gasteiger partial charge on any atom is 0.315 e. The Labute approximate surface area is 127 Å². The monoisotopic (exact) mass is 299 g/mol. The van der Waals surface area contributed by atoms with Crippen LogP contribution in [0.15, 0.2) is 0 Å². The highest BCUT2D eigenvalue weighted by atomic mass is 16.4. The quantitative estimate of drug-likeness (QED) is 0.668. The summed E-state index contributed by atoms with van der Waals surface area (Å²) in [5.41, 5.74) is 0. The summed E-state index contributed by atoms with van der Waals surface area (Å²) in [5, 5.41) is 14.8. The van der Waals surface area contributed by atoms with Crippen molar-refractivity contribution >= 4 is 12.0 Å². The molecule has 0 spiro atoms. The Kier molecular flexibility index (Phi) is 7.50. The summed E-state index contributed by atoms with van der Waals surface area (Å²) < 4.78 is 0. The maximum atomic E-state index is 11.9. The molecule has 0 aromatic carbocycles. The first-order chi connectivity index (χ1) is 9.88. The number of carbonyl (C=O) groups excluding carboxylic acids is 1. The molecule has 122 valence electrons. The number of urea groups is 1.